The topological polar surface area (TPSA) is 70.0 Å². The number of nitrogens with zero attached hydrogens (tertiary/aromatic N) is 1. The molecule has 1 rings (SSSR count). The summed E-state index contributed by atoms with van der Waals surface area (Å²) < 4.78 is 24.6. The van der Waals surface area contributed by atoms with Crippen LogP contribution in [0, 0.1) is 18.3 Å². The molecule has 0 saturated heterocycles. The summed E-state index contributed by atoms with van der Waals surface area (Å²) in [6.07, 6.45) is 0. The van der Waals surface area contributed by atoms with Crippen LogP contribution in [0.5, 0.6) is 0 Å². The standard InChI is InChI=1S/C8H10N2O2S2/c1-7-2-4-13-8(7)6-10-14(11,12)5-3-9/h2,4,10H,5-6H2,1H3. The van der Waals surface area contributed by atoms with E-state index in [1.54, 1.807) is 6.07 Å². The zero-order chi connectivity index (χ0) is 10.6. The molecule has 0 atom stereocenters. The second-order valence-electron chi connectivity index (χ2n) is 2.77. The Bertz CT molecular complexity index is 442. The second kappa shape index (κ2) is 4.55. The Hall–Kier alpha value is -0.900. The molecule has 0 unspecified atom stereocenters. The van der Waals surface area contributed by atoms with Crippen LogP contribution in [0.3, 0.4) is 0 Å². The van der Waals surface area contributed by atoms with Crippen molar-refractivity contribution in [3.8, 4) is 6.07 Å². The van der Waals surface area contributed by atoms with Crippen molar-refractivity contribution in [2.24, 2.45) is 0 Å². The maximum atomic E-state index is 11.1. The summed E-state index contributed by atoms with van der Waals surface area (Å²) in [6.45, 7) is 2.19. The van der Waals surface area contributed by atoms with E-state index in [2.05, 4.69) is 4.72 Å². The summed E-state index contributed by atoms with van der Waals surface area (Å²) in [5.74, 6) is -0.489. The molecule has 0 bridgehead atoms. The molecule has 0 aliphatic rings. The molecule has 1 aromatic rings. The van der Waals surface area contributed by atoms with E-state index in [0.29, 0.717) is 0 Å². The molecular formula is C8H10N2O2S2. The van der Waals surface area contributed by atoms with E-state index in [1.165, 1.54) is 11.3 Å². The van der Waals surface area contributed by atoms with Gasteiger partial charge in [0.05, 0.1) is 6.07 Å². The van der Waals surface area contributed by atoms with Crippen molar-refractivity contribution in [3.05, 3.63) is 21.9 Å². The lowest BCUT2D eigenvalue weighted by atomic mass is 10.3. The SMILES string of the molecule is Cc1ccsc1CNS(=O)(=O)CC#N. The van der Waals surface area contributed by atoms with E-state index in [4.69, 9.17) is 5.26 Å². The van der Waals surface area contributed by atoms with E-state index < -0.39 is 15.8 Å². The highest BCUT2D eigenvalue weighted by molar-refractivity contribution is 7.89. The molecule has 76 valence electrons. The summed E-state index contributed by atoms with van der Waals surface area (Å²) in [6, 6.07) is 3.53. The third-order valence-electron chi connectivity index (χ3n) is 1.68. The summed E-state index contributed by atoms with van der Waals surface area (Å²) in [7, 11) is -3.43. The molecule has 4 nitrogen and oxygen atoms in total. The van der Waals surface area contributed by atoms with Crippen LogP contribution < -0.4 is 4.72 Å². The van der Waals surface area contributed by atoms with Crippen LogP contribution in [0.2, 0.25) is 0 Å². The number of thiophene rings is 1. The van der Waals surface area contributed by atoms with Gasteiger partial charge in [-0.1, -0.05) is 0 Å². The lowest BCUT2D eigenvalue weighted by Crippen LogP contribution is -2.25. The van der Waals surface area contributed by atoms with Crippen molar-refractivity contribution in [1.29, 1.82) is 5.26 Å². The van der Waals surface area contributed by atoms with Crippen LogP contribution in [-0.4, -0.2) is 14.2 Å². The number of rotatable bonds is 4. The number of nitrogens with one attached hydrogen (secondary N) is 1. The predicted molar refractivity (Wildman–Crippen MR) is 55.3 cm³/mol. The van der Waals surface area contributed by atoms with Gasteiger partial charge in [-0.15, -0.1) is 11.3 Å². The molecule has 1 N–H and O–H groups in total. The van der Waals surface area contributed by atoms with Crippen LogP contribution in [-0.2, 0) is 16.6 Å². The minimum Gasteiger partial charge on any atom is -0.211 e. The van der Waals surface area contributed by atoms with Gasteiger partial charge < -0.3 is 0 Å². The predicted octanol–water partition coefficient (Wildman–Crippen LogP) is 0.999. The number of sulfonamides is 1. The maximum Gasteiger partial charge on any atom is 0.225 e. The summed E-state index contributed by atoms with van der Waals surface area (Å²) in [5, 5.41) is 10.2. The Kier molecular flexibility index (Phi) is 3.63. The van der Waals surface area contributed by atoms with E-state index in [9.17, 15) is 8.42 Å². The van der Waals surface area contributed by atoms with E-state index in [-0.39, 0.29) is 6.54 Å². The first-order chi connectivity index (χ1) is 6.55. The van der Waals surface area contributed by atoms with E-state index in [1.807, 2.05) is 18.4 Å². The van der Waals surface area contributed by atoms with Crippen molar-refractivity contribution < 1.29 is 8.42 Å². The van der Waals surface area contributed by atoms with Crippen LogP contribution in [0.1, 0.15) is 10.4 Å². The third kappa shape index (κ3) is 3.10. The highest BCUT2D eigenvalue weighted by Crippen LogP contribution is 2.14. The molecule has 14 heavy (non-hydrogen) atoms. The monoisotopic (exact) mass is 230 g/mol. The van der Waals surface area contributed by atoms with Gasteiger partial charge in [-0.05, 0) is 23.9 Å². The minimum atomic E-state index is -3.43. The minimum absolute atomic E-state index is 0.271. The largest absolute Gasteiger partial charge is 0.225 e. The normalized spacial score (nSPS) is 11.1. The van der Waals surface area contributed by atoms with Gasteiger partial charge in [0, 0.05) is 11.4 Å². The summed E-state index contributed by atoms with van der Waals surface area (Å²) in [4.78, 5) is 0.978. The molecule has 0 aromatic carbocycles. The van der Waals surface area contributed by atoms with Gasteiger partial charge in [0.15, 0.2) is 5.75 Å². The summed E-state index contributed by atoms with van der Waals surface area (Å²) in [5.41, 5.74) is 1.06. The van der Waals surface area contributed by atoms with Gasteiger partial charge >= 0.3 is 0 Å². The molecule has 1 aromatic heterocycles. The number of hydrogen-bond acceptors (Lipinski definition) is 4. The van der Waals surface area contributed by atoms with Gasteiger partial charge in [0.1, 0.15) is 0 Å². The second-order valence-corrected chi connectivity index (χ2v) is 5.57. The molecule has 0 aliphatic heterocycles. The molecular weight excluding hydrogens is 220 g/mol. The highest BCUT2D eigenvalue weighted by Gasteiger charge is 2.09. The van der Waals surface area contributed by atoms with E-state index in [0.717, 1.165) is 10.4 Å². The summed E-state index contributed by atoms with van der Waals surface area (Å²) >= 11 is 1.50. The Morgan fingerprint density at radius 3 is 2.86 bits per heavy atom. The fourth-order valence-corrected chi connectivity index (χ4v) is 2.47. The van der Waals surface area contributed by atoms with Crippen molar-refractivity contribution in [2.75, 3.05) is 5.75 Å². The zero-order valence-electron chi connectivity index (χ0n) is 7.65. The lowest BCUT2D eigenvalue weighted by Gasteiger charge is -2.01. The number of hydrogen-bond donors (Lipinski definition) is 1. The molecule has 0 aliphatic carbocycles. The Labute approximate surface area is 87.2 Å². The third-order valence-corrected chi connectivity index (χ3v) is 3.79. The van der Waals surface area contributed by atoms with Crippen LogP contribution in [0.4, 0.5) is 0 Å². The van der Waals surface area contributed by atoms with Gasteiger partial charge in [-0.2, -0.15) is 5.26 Å². The first-order valence-corrected chi connectivity index (χ1v) is 6.45. The smallest absolute Gasteiger partial charge is 0.211 e. The molecule has 6 heteroatoms. The Morgan fingerprint density at radius 1 is 1.64 bits per heavy atom. The van der Waals surface area contributed by atoms with Gasteiger partial charge in [-0.25, -0.2) is 13.1 Å². The average Bonchev–Trinajstić information content (AvgIpc) is 2.48. The Balaban J connectivity index is 2.58. The molecule has 0 amide bonds. The van der Waals surface area contributed by atoms with E-state index >= 15 is 0 Å². The molecule has 0 saturated carbocycles. The van der Waals surface area contributed by atoms with Crippen LogP contribution >= 0.6 is 11.3 Å². The fourth-order valence-electron chi connectivity index (χ4n) is 0.897. The molecule has 0 fully saturated rings. The quantitative estimate of drug-likeness (QED) is 0.838. The van der Waals surface area contributed by atoms with Crippen molar-refractivity contribution >= 4 is 21.4 Å². The lowest BCUT2D eigenvalue weighted by molar-refractivity contribution is 0.585. The van der Waals surface area contributed by atoms with Crippen molar-refractivity contribution in [3.63, 3.8) is 0 Å². The average molecular weight is 230 g/mol. The van der Waals surface area contributed by atoms with Crippen molar-refractivity contribution in [2.45, 2.75) is 13.5 Å². The highest BCUT2D eigenvalue weighted by atomic mass is 32.2. The number of aryl methyl sites for hydroxylation is 1. The van der Waals surface area contributed by atoms with Crippen LogP contribution in [0.25, 0.3) is 0 Å². The van der Waals surface area contributed by atoms with Gasteiger partial charge in [0.2, 0.25) is 10.0 Å². The zero-order valence-corrected chi connectivity index (χ0v) is 9.28. The van der Waals surface area contributed by atoms with Gasteiger partial charge in [-0.3, -0.25) is 0 Å². The molecule has 1 heterocycles. The number of nitriles is 1. The fraction of sp³-hybridized carbons (Fsp3) is 0.375. The maximum absolute atomic E-state index is 11.1. The first kappa shape index (κ1) is 11.2. The van der Waals surface area contributed by atoms with Crippen LogP contribution in [0.15, 0.2) is 11.4 Å². The Morgan fingerprint density at radius 2 is 2.36 bits per heavy atom. The molecule has 0 spiro atoms. The molecule has 0 radical (unpaired) electrons. The van der Waals surface area contributed by atoms with Crippen molar-refractivity contribution in [1.82, 2.24) is 4.72 Å². The first-order valence-electron chi connectivity index (χ1n) is 3.92. The van der Waals surface area contributed by atoms with Gasteiger partial charge in [0.25, 0.3) is 0 Å².